The van der Waals surface area contributed by atoms with E-state index in [0.717, 1.165) is 72.2 Å². The third-order valence-corrected chi connectivity index (χ3v) is 6.72. The molecular formula is C29H33N5OS. The van der Waals surface area contributed by atoms with Crippen molar-refractivity contribution in [2.45, 2.75) is 24.8 Å². The highest BCUT2D eigenvalue weighted by atomic mass is 32.2. The van der Waals surface area contributed by atoms with Crippen LogP contribution in [0.3, 0.4) is 0 Å². The number of piperazine rings is 1. The van der Waals surface area contributed by atoms with Crippen LogP contribution >= 0.6 is 12.0 Å². The van der Waals surface area contributed by atoms with E-state index < -0.39 is 0 Å². The molecule has 1 aliphatic heterocycles. The summed E-state index contributed by atoms with van der Waals surface area (Å²) in [5.74, 6) is 0. The van der Waals surface area contributed by atoms with Crippen molar-refractivity contribution in [1.82, 2.24) is 14.8 Å². The van der Waals surface area contributed by atoms with Gasteiger partial charge in [-0.25, -0.2) is 0 Å². The highest BCUT2D eigenvalue weighted by Gasteiger charge is 2.19. The van der Waals surface area contributed by atoms with Gasteiger partial charge in [-0.05, 0) is 41.8 Å². The van der Waals surface area contributed by atoms with E-state index in [4.69, 9.17) is 4.28 Å². The predicted octanol–water partition coefficient (Wildman–Crippen LogP) is 6.68. The summed E-state index contributed by atoms with van der Waals surface area (Å²) in [6.45, 7) is 15.2. The van der Waals surface area contributed by atoms with Crippen LogP contribution in [0.5, 0.6) is 0 Å². The van der Waals surface area contributed by atoms with E-state index in [0.29, 0.717) is 0 Å². The Bertz CT molecular complexity index is 1170. The quantitative estimate of drug-likeness (QED) is 0.180. The fourth-order valence-electron chi connectivity index (χ4n) is 4.04. The van der Waals surface area contributed by atoms with Crippen LogP contribution in [0.15, 0.2) is 90.0 Å². The molecule has 0 atom stereocenters. The zero-order valence-corrected chi connectivity index (χ0v) is 21.6. The molecule has 0 unspecified atom stereocenters. The van der Waals surface area contributed by atoms with Gasteiger partial charge in [-0.3, -0.25) is 20.4 Å². The smallest absolute Gasteiger partial charge is 0.0857 e. The maximum atomic E-state index is 5.72. The molecule has 2 heterocycles. The minimum Gasteiger partial charge on any atom is -0.369 e. The molecule has 0 spiro atoms. The molecule has 1 N–H and O–H groups in total. The summed E-state index contributed by atoms with van der Waals surface area (Å²) < 4.78 is 5.72. The van der Waals surface area contributed by atoms with Gasteiger partial charge in [0.15, 0.2) is 0 Å². The van der Waals surface area contributed by atoms with Crippen molar-refractivity contribution in [3.8, 4) is 0 Å². The summed E-state index contributed by atoms with van der Waals surface area (Å²) in [5, 5.41) is 0. The number of aliphatic imine (C=N–C) groups is 1. The maximum Gasteiger partial charge on any atom is 0.0857 e. The summed E-state index contributed by atoms with van der Waals surface area (Å²) in [4.78, 5) is 14.6. The Morgan fingerprint density at radius 1 is 1.11 bits per heavy atom. The van der Waals surface area contributed by atoms with E-state index in [9.17, 15) is 0 Å². The number of benzene rings is 2. The lowest BCUT2D eigenvalue weighted by atomic mass is 10.1. The number of anilines is 1. The van der Waals surface area contributed by atoms with E-state index >= 15 is 0 Å². The largest absolute Gasteiger partial charge is 0.369 e. The summed E-state index contributed by atoms with van der Waals surface area (Å²) in [7, 11) is 0. The average molecular weight is 500 g/mol. The van der Waals surface area contributed by atoms with Crippen molar-refractivity contribution in [3.63, 3.8) is 0 Å². The third kappa shape index (κ3) is 6.85. The molecule has 0 amide bonds. The summed E-state index contributed by atoms with van der Waals surface area (Å²) in [6.07, 6.45) is 8.34. The van der Waals surface area contributed by atoms with Crippen molar-refractivity contribution in [2.75, 3.05) is 31.7 Å². The molecule has 0 saturated carbocycles. The molecule has 1 aliphatic rings. The summed E-state index contributed by atoms with van der Waals surface area (Å²) in [5.41, 5.74) is 9.17. The number of rotatable bonds is 11. The second kappa shape index (κ2) is 13.1. The van der Waals surface area contributed by atoms with Gasteiger partial charge in [0.1, 0.15) is 0 Å². The first-order valence-electron chi connectivity index (χ1n) is 12.2. The van der Waals surface area contributed by atoms with E-state index in [1.807, 2.05) is 61.1 Å². The van der Waals surface area contributed by atoms with E-state index in [1.54, 1.807) is 0 Å². The monoisotopic (exact) mass is 499 g/mol. The second-order valence-corrected chi connectivity index (χ2v) is 9.31. The number of nitrogens with zero attached hydrogens (tertiary/aromatic N) is 4. The number of pyridine rings is 1. The van der Waals surface area contributed by atoms with Gasteiger partial charge in [0.25, 0.3) is 0 Å². The normalized spacial score (nSPS) is 14.2. The van der Waals surface area contributed by atoms with Crippen LogP contribution in [-0.2, 0) is 10.8 Å². The fraction of sp³-hybridized carbons (Fsp3) is 0.241. The van der Waals surface area contributed by atoms with Crippen LogP contribution in [0.4, 0.5) is 11.4 Å². The topological polar surface area (TPSA) is 53.0 Å². The number of aromatic nitrogens is 1. The molecule has 1 saturated heterocycles. The third-order valence-electron chi connectivity index (χ3n) is 6.05. The predicted molar refractivity (Wildman–Crippen MR) is 152 cm³/mol. The molecule has 3 aromatic rings. The molecule has 186 valence electrons. The van der Waals surface area contributed by atoms with Gasteiger partial charge in [-0.2, -0.15) is 4.28 Å². The number of hydrogen-bond donors (Lipinski definition) is 1. The van der Waals surface area contributed by atoms with Gasteiger partial charge in [0.2, 0.25) is 0 Å². The lowest BCUT2D eigenvalue weighted by Crippen LogP contribution is -2.44. The molecule has 1 aromatic heterocycles. The van der Waals surface area contributed by atoms with Crippen molar-refractivity contribution >= 4 is 41.4 Å². The van der Waals surface area contributed by atoms with E-state index in [2.05, 4.69) is 63.5 Å². The molecule has 6 nitrogen and oxygen atoms in total. The highest BCUT2D eigenvalue weighted by Crippen LogP contribution is 2.34. The Hall–Kier alpha value is -3.39. The van der Waals surface area contributed by atoms with Crippen LogP contribution in [0.2, 0.25) is 0 Å². The minimum absolute atomic E-state index is 0.868. The Morgan fingerprint density at radius 2 is 1.92 bits per heavy atom. The Balaban J connectivity index is 1.27. The average Bonchev–Trinajstić information content (AvgIpc) is 2.93. The molecule has 1 fully saturated rings. The first-order chi connectivity index (χ1) is 17.7. The summed E-state index contributed by atoms with van der Waals surface area (Å²) in [6, 6.07) is 18.3. The summed E-state index contributed by atoms with van der Waals surface area (Å²) >= 11 is 1.25. The van der Waals surface area contributed by atoms with Crippen LogP contribution in [0, 0.1) is 0 Å². The zero-order chi connectivity index (χ0) is 25.2. The lowest BCUT2D eigenvalue weighted by Gasteiger charge is -2.37. The van der Waals surface area contributed by atoms with Crippen LogP contribution < -0.4 is 5.48 Å². The second-order valence-electron chi connectivity index (χ2n) is 8.54. The van der Waals surface area contributed by atoms with Gasteiger partial charge in [-0.15, -0.1) is 0 Å². The van der Waals surface area contributed by atoms with Gasteiger partial charge < -0.3 is 4.90 Å². The van der Waals surface area contributed by atoms with Gasteiger partial charge in [0.05, 0.1) is 28.3 Å². The number of hydrogen-bond acceptors (Lipinski definition) is 7. The van der Waals surface area contributed by atoms with Crippen molar-refractivity contribution in [1.29, 1.82) is 0 Å². The van der Waals surface area contributed by atoms with E-state index in [1.165, 1.54) is 17.6 Å². The molecule has 7 heteroatoms. The SMILES string of the molecule is C=Cc1cccc(SONc2ccc(C(=C)N3CCN(Cc4cccnc4)CC3)cc2)c1N=CCC. The van der Waals surface area contributed by atoms with Crippen molar-refractivity contribution < 1.29 is 4.28 Å². The number of nitrogens with one attached hydrogen (secondary N) is 1. The Kier molecular flexibility index (Phi) is 9.33. The maximum absolute atomic E-state index is 5.72. The van der Waals surface area contributed by atoms with Gasteiger partial charge in [-0.1, -0.05) is 56.5 Å². The van der Waals surface area contributed by atoms with Crippen LogP contribution in [0.1, 0.15) is 30.0 Å². The lowest BCUT2D eigenvalue weighted by molar-refractivity contribution is 0.169. The molecule has 36 heavy (non-hydrogen) atoms. The van der Waals surface area contributed by atoms with Gasteiger partial charge in [0, 0.05) is 62.6 Å². The molecule has 0 radical (unpaired) electrons. The van der Waals surface area contributed by atoms with Crippen LogP contribution in [-0.4, -0.2) is 47.2 Å². The standard InChI is InChI=1S/C29H33N5OS/c1-4-15-31-29-25(5-2)9-6-10-28(29)36-35-32-27-13-11-26(12-14-27)23(3)34-19-17-33(18-20-34)22-24-8-7-16-30-21-24/h5-16,21,32H,2-4,17-20,22H2,1H3. The van der Waals surface area contributed by atoms with Crippen molar-refractivity contribution in [2.24, 2.45) is 4.99 Å². The fourth-order valence-corrected chi connectivity index (χ4v) is 4.66. The minimum atomic E-state index is 0.868. The Labute approximate surface area is 218 Å². The molecule has 2 aromatic carbocycles. The number of para-hydroxylation sites is 1. The first kappa shape index (κ1) is 25.7. The zero-order valence-electron chi connectivity index (χ0n) is 20.8. The Morgan fingerprint density at radius 3 is 2.61 bits per heavy atom. The molecule has 4 rings (SSSR count). The van der Waals surface area contributed by atoms with E-state index in [-0.39, 0.29) is 0 Å². The molecule has 0 bridgehead atoms. The molecular weight excluding hydrogens is 466 g/mol. The van der Waals surface area contributed by atoms with Gasteiger partial charge >= 0.3 is 0 Å². The first-order valence-corrected chi connectivity index (χ1v) is 12.9. The molecule has 0 aliphatic carbocycles. The highest BCUT2D eigenvalue weighted by molar-refractivity contribution is 7.94. The van der Waals surface area contributed by atoms with Crippen LogP contribution in [0.25, 0.3) is 11.8 Å². The van der Waals surface area contributed by atoms with Crippen molar-refractivity contribution in [3.05, 3.63) is 96.8 Å².